The maximum absolute atomic E-state index is 14.8. The number of esters is 1. The van der Waals surface area contributed by atoms with Crippen LogP contribution in [0.4, 0.5) is 4.79 Å². The number of terminal acetylenes is 1. The van der Waals surface area contributed by atoms with E-state index in [0.29, 0.717) is 23.5 Å². The van der Waals surface area contributed by atoms with Gasteiger partial charge in [0.15, 0.2) is 0 Å². The highest BCUT2D eigenvalue weighted by Crippen LogP contribution is 2.31. The van der Waals surface area contributed by atoms with Crippen LogP contribution in [0.1, 0.15) is 112 Å². The van der Waals surface area contributed by atoms with Crippen LogP contribution in [0.5, 0.6) is 0 Å². The number of hydrogen-bond acceptors (Lipinski definition) is 6. The van der Waals surface area contributed by atoms with Gasteiger partial charge in [-0.1, -0.05) is 82.1 Å². The molecule has 0 radical (unpaired) electrons. The molecule has 2 aromatic rings. The number of carbonyl (C=O) groups is 4. The topological polar surface area (TPSA) is 114 Å². The summed E-state index contributed by atoms with van der Waals surface area (Å²) in [5.41, 5.74) is 0.0723. The number of amides is 3. The third-order valence-electron chi connectivity index (χ3n) is 7.72. The second kappa shape index (κ2) is 17.9. The highest BCUT2D eigenvalue weighted by Gasteiger charge is 2.42. The highest BCUT2D eigenvalue weighted by atomic mass is 16.6. The molecular weight excluding hydrogens is 618 g/mol. The van der Waals surface area contributed by atoms with Crippen molar-refractivity contribution in [2.75, 3.05) is 0 Å². The Hall–Kier alpha value is -4.32. The molecule has 0 aliphatic heterocycles. The summed E-state index contributed by atoms with van der Waals surface area (Å²) in [6, 6.07) is 12.5. The predicted octanol–water partition coefficient (Wildman–Crippen LogP) is 6.98. The van der Waals surface area contributed by atoms with E-state index >= 15 is 0 Å². The van der Waals surface area contributed by atoms with Crippen molar-refractivity contribution in [3.63, 3.8) is 0 Å². The van der Waals surface area contributed by atoms with Crippen LogP contribution in [0.25, 0.3) is 0 Å². The molecule has 0 heterocycles. The number of benzene rings is 2. The van der Waals surface area contributed by atoms with Gasteiger partial charge in [0.05, 0.1) is 0 Å². The molecule has 9 heteroatoms. The Labute approximate surface area is 293 Å². The molecule has 4 atom stereocenters. The Kier molecular flexibility index (Phi) is 14.9. The standard InChI is InChI=1S/C40H57N3O6/c1-13-30-21-17-18-22-31(30)34(35(44)41-32(37(46)48-39(7,8)9)25-29-19-15-14-16-20-29)43(28(6)24-23-26(2)3)36(45)33(27(4)5)42-38(47)49-40(10,11)12/h1,14-22,26-28,32-34H,23-25H2,2-12H3,(H,41,44)(H,42,47). The van der Waals surface area contributed by atoms with E-state index in [9.17, 15) is 19.2 Å². The summed E-state index contributed by atoms with van der Waals surface area (Å²) in [6.07, 6.45) is 6.73. The van der Waals surface area contributed by atoms with Gasteiger partial charge in [-0.3, -0.25) is 9.59 Å². The van der Waals surface area contributed by atoms with Gasteiger partial charge in [-0.05, 0) is 90.3 Å². The zero-order valence-electron chi connectivity index (χ0n) is 31.3. The fourth-order valence-corrected chi connectivity index (χ4v) is 5.37. The Morgan fingerprint density at radius 1 is 0.796 bits per heavy atom. The summed E-state index contributed by atoms with van der Waals surface area (Å²) in [7, 11) is 0. The molecule has 0 saturated heterocycles. The van der Waals surface area contributed by atoms with Crippen molar-refractivity contribution in [3.8, 4) is 12.3 Å². The van der Waals surface area contributed by atoms with Gasteiger partial charge in [-0.15, -0.1) is 6.42 Å². The molecule has 0 bridgehead atoms. The van der Waals surface area contributed by atoms with Crippen LogP contribution in [0.3, 0.4) is 0 Å². The molecule has 268 valence electrons. The smallest absolute Gasteiger partial charge is 0.408 e. The van der Waals surface area contributed by atoms with Gasteiger partial charge in [0.25, 0.3) is 0 Å². The van der Waals surface area contributed by atoms with Gasteiger partial charge < -0.3 is 25.0 Å². The van der Waals surface area contributed by atoms with E-state index in [1.165, 1.54) is 4.90 Å². The lowest BCUT2D eigenvalue weighted by atomic mass is 9.92. The zero-order chi connectivity index (χ0) is 37.1. The first-order valence-corrected chi connectivity index (χ1v) is 17.2. The van der Waals surface area contributed by atoms with Crippen LogP contribution in [-0.2, 0) is 30.3 Å². The first kappa shape index (κ1) is 40.9. The van der Waals surface area contributed by atoms with Gasteiger partial charge in [0, 0.05) is 18.0 Å². The third kappa shape index (κ3) is 13.2. The molecule has 4 unspecified atom stereocenters. The summed E-state index contributed by atoms with van der Waals surface area (Å²) < 4.78 is 11.3. The van der Waals surface area contributed by atoms with Gasteiger partial charge >= 0.3 is 12.1 Å². The second-order valence-corrected chi connectivity index (χ2v) is 15.4. The average molecular weight is 676 g/mol. The molecular formula is C40H57N3O6. The van der Waals surface area contributed by atoms with Crippen molar-refractivity contribution in [3.05, 3.63) is 71.3 Å². The van der Waals surface area contributed by atoms with Crippen molar-refractivity contribution in [2.24, 2.45) is 11.8 Å². The quantitative estimate of drug-likeness (QED) is 0.165. The molecule has 9 nitrogen and oxygen atoms in total. The first-order valence-electron chi connectivity index (χ1n) is 17.2. The van der Waals surface area contributed by atoms with Crippen molar-refractivity contribution in [1.82, 2.24) is 15.5 Å². The van der Waals surface area contributed by atoms with Gasteiger partial charge in [0.2, 0.25) is 11.8 Å². The Bertz CT molecular complexity index is 1450. The van der Waals surface area contributed by atoms with Crippen LogP contribution in [0.2, 0.25) is 0 Å². The van der Waals surface area contributed by atoms with E-state index in [1.807, 2.05) is 51.1 Å². The van der Waals surface area contributed by atoms with E-state index in [4.69, 9.17) is 15.9 Å². The fraction of sp³-hybridized carbons (Fsp3) is 0.550. The molecule has 0 saturated carbocycles. The molecule has 0 aliphatic carbocycles. The minimum atomic E-state index is -1.25. The van der Waals surface area contributed by atoms with Crippen LogP contribution >= 0.6 is 0 Å². The molecule has 0 spiro atoms. The second-order valence-electron chi connectivity index (χ2n) is 15.4. The molecule has 49 heavy (non-hydrogen) atoms. The monoisotopic (exact) mass is 675 g/mol. The number of nitrogens with zero attached hydrogens (tertiary/aromatic N) is 1. The zero-order valence-corrected chi connectivity index (χ0v) is 31.3. The molecule has 0 aromatic heterocycles. The summed E-state index contributed by atoms with van der Waals surface area (Å²) in [5.74, 6) is 0.961. The lowest BCUT2D eigenvalue weighted by Crippen LogP contribution is -2.58. The third-order valence-corrected chi connectivity index (χ3v) is 7.72. The number of alkyl carbamates (subject to hydrolysis) is 1. The lowest BCUT2D eigenvalue weighted by Gasteiger charge is -2.40. The summed E-state index contributed by atoms with van der Waals surface area (Å²) in [5, 5.41) is 5.71. The number of rotatable bonds is 14. The van der Waals surface area contributed by atoms with E-state index in [2.05, 4.69) is 30.4 Å². The van der Waals surface area contributed by atoms with Crippen LogP contribution in [0, 0.1) is 24.2 Å². The normalized spacial score (nSPS) is 14.2. The molecule has 0 fully saturated rings. The summed E-state index contributed by atoms with van der Waals surface area (Å²) in [6.45, 7) is 20.2. The number of ether oxygens (including phenoxy) is 2. The molecule has 2 rings (SSSR count). The largest absolute Gasteiger partial charge is 0.458 e. The van der Waals surface area contributed by atoms with E-state index in [-0.39, 0.29) is 12.3 Å². The lowest BCUT2D eigenvalue weighted by molar-refractivity contribution is -0.159. The Balaban J connectivity index is 2.76. The predicted molar refractivity (Wildman–Crippen MR) is 193 cm³/mol. The summed E-state index contributed by atoms with van der Waals surface area (Å²) >= 11 is 0. The maximum Gasteiger partial charge on any atom is 0.408 e. The number of nitrogens with one attached hydrogen (secondary N) is 2. The first-order chi connectivity index (χ1) is 22.7. The van der Waals surface area contributed by atoms with Crippen molar-refractivity contribution in [2.45, 2.75) is 131 Å². The molecule has 0 aliphatic rings. The molecule has 3 amide bonds. The summed E-state index contributed by atoms with van der Waals surface area (Å²) in [4.78, 5) is 57.7. The fourth-order valence-electron chi connectivity index (χ4n) is 5.37. The van der Waals surface area contributed by atoms with E-state index in [1.54, 1.807) is 65.8 Å². The van der Waals surface area contributed by atoms with Crippen LogP contribution < -0.4 is 10.6 Å². The van der Waals surface area contributed by atoms with Crippen molar-refractivity contribution in [1.29, 1.82) is 0 Å². The van der Waals surface area contributed by atoms with Crippen LogP contribution in [0.15, 0.2) is 54.6 Å². The minimum Gasteiger partial charge on any atom is -0.458 e. The molecule has 2 N–H and O–H groups in total. The SMILES string of the molecule is C#Cc1ccccc1C(C(=O)NC(Cc1ccccc1)C(=O)OC(C)(C)C)N(C(=O)C(NC(=O)OC(C)(C)C)C(C)C)C(C)CCC(C)C. The maximum atomic E-state index is 14.8. The Morgan fingerprint density at radius 3 is 1.90 bits per heavy atom. The number of carbonyl (C=O) groups excluding carboxylic acids is 4. The van der Waals surface area contributed by atoms with Gasteiger partial charge in [-0.25, -0.2) is 9.59 Å². The Morgan fingerprint density at radius 2 is 1.37 bits per heavy atom. The van der Waals surface area contributed by atoms with Crippen LogP contribution in [-0.4, -0.2) is 58.1 Å². The van der Waals surface area contributed by atoms with E-state index < -0.39 is 59.2 Å². The molecule has 2 aromatic carbocycles. The average Bonchev–Trinajstić information content (AvgIpc) is 2.99. The van der Waals surface area contributed by atoms with Crippen molar-refractivity contribution < 1.29 is 28.7 Å². The van der Waals surface area contributed by atoms with Crippen molar-refractivity contribution >= 4 is 23.9 Å². The van der Waals surface area contributed by atoms with Gasteiger partial charge in [-0.2, -0.15) is 0 Å². The van der Waals surface area contributed by atoms with Gasteiger partial charge in [0.1, 0.15) is 29.3 Å². The minimum absolute atomic E-state index is 0.163. The number of hydrogen-bond donors (Lipinski definition) is 2. The highest BCUT2D eigenvalue weighted by molar-refractivity contribution is 5.94. The van der Waals surface area contributed by atoms with E-state index in [0.717, 1.165) is 12.0 Å².